The maximum absolute atomic E-state index is 13.2. The van der Waals surface area contributed by atoms with E-state index in [2.05, 4.69) is 4.74 Å². The van der Waals surface area contributed by atoms with Gasteiger partial charge in [-0.2, -0.15) is 5.26 Å². The summed E-state index contributed by atoms with van der Waals surface area (Å²) in [6.45, 7) is -0.0401. The van der Waals surface area contributed by atoms with Gasteiger partial charge in [0.2, 0.25) is 0 Å². The van der Waals surface area contributed by atoms with E-state index in [0.29, 0.717) is 0 Å². The van der Waals surface area contributed by atoms with Gasteiger partial charge >= 0.3 is 5.97 Å². The predicted octanol–water partition coefficient (Wildman–Crippen LogP) is 0.943. The number of benzene rings is 1. The fourth-order valence-corrected chi connectivity index (χ4v) is 1.15. The zero-order chi connectivity index (χ0) is 11.4. The lowest BCUT2D eigenvalue weighted by molar-refractivity contribution is 0.0600. The molecular weight excluding hydrogens is 199 g/mol. The highest BCUT2D eigenvalue weighted by atomic mass is 19.1. The van der Waals surface area contributed by atoms with Crippen molar-refractivity contribution in [3.05, 3.63) is 34.6 Å². The maximum Gasteiger partial charge on any atom is 0.339 e. The highest BCUT2D eigenvalue weighted by Gasteiger charge is 2.15. The number of methoxy groups -OCH3 is 1. The van der Waals surface area contributed by atoms with Crippen LogP contribution >= 0.6 is 0 Å². The van der Waals surface area contributed by atoms with E-state index < -0.39 is 11.8 Å². The van der Waals surface area contributed by atoms with E-state index in [0.717, 1.165) is 6.07 Å². The highest BCUT2D eigenvalue weighted by Crippen LogP contribution is 2.16. The van der Waals surface area contributed by atoms with E-state index in [1.165, 1.54) is 13.2 Å². The molecule has 0 unspecified atom stereocenters. The van der Waals surface area contributed by atoms with Crippen LogP contribution in [-0.2, 0) is 11.3 Å². The third-order valence-electron chi connectivity index (χ3n) is 1.93. The van der Waals surface area contributed by atoms with E-state index >= 15 is 0 Å². The van der Waals surface area contributed by atoms with E-state index in [1.807, 2.05) is 0 Å². The first kappa shape index (κ1) is 11.1. The molecule has 0 radical (unpaired) electrons. The van der Waals surface area contributed by atoms with Crippen LogP contribution in [0.2, 0.25) is 0 Å². The van der Waals surface area contributed by atoms with Crippen LogP contribution < -0.4 is 5.73 Å². The Morgan fingerprint density at radius 3 is 2.80 bits per heavy atom. The van der Waals surface area contributed by atoms with Crippen molar-refractivity contribution in [3.8, 4) is 6.07 Å². The van der Waals surface area contributed by atoms with E-state index in [1.54, 1.807) is 6.07 Å². The molecule has 2 N–H and O–H groups in total. The van der Waals surface area contributed by atoms with Gasteiger partial charge in [0.15, 0.2) is 0 Å². The number of hydrogen-bond donors (Lipinski definition) is 1. The van der Waals surface area contributed by atoms with Crippen molar-refractivity contribution < 1.29 is 13.9 Å². The minimum absolute atomic E-state index is 0.0295. The molecule has 0 heterocycles. The SMILES string of the molecule is COC(=O)c1cc(CN)c(F)cc1C#N. The van der Waals surface area contributed by atoms with Crippen LogP contribution in [0.3, 0.4) is 0 Å². The highest BCUT2D eigenvalue weighted by molar-refractivity contribution is 5.92. The molecule has 0 fully saturated rings. The lowest BCUT2D eigenvalue weighted by atomic mass is 10.0. The Kier molecular flexibility index (Phi) is 3.37. The van der Waals surface area contributed by atoms with Crippen LogP contribution in [0.1, 0.15) is 21.5 Å². The zero-order valence-electron chi connectivity index (χ0n) is 8.08. The molecule has 1 rings (SSSR count). The summed E-state index contributed by atoms with van der Waals surface area (Å²) < 4.78 is 17.7. The first-order valence-electron chi connectivity index (χ1n) is 4.15. The lowest BCUT2D eigenvalue weighted by Gasteiger charge is -2.05. The molecule has 0 aliphatic rings. The van der Waals surface area contributed by atoms with Crippen molar-refractivity contribution in [3.63, 3.8) is 0 Å². The van der Waals surface area contributed by atoms with Crippen LogP contribution in [-0.4, -0.2) is 13.1 Å². The maximum atomic E-state index is 13.2. The van der Waals surface area contributed by atoms with Gasteiger partial charge in [-0.05, 0) is 12.1 Å². The number of halogens is 1. The van der Waals surface area contributed by atoms with E-state index in [9.17, 15) is 9.18 Å². The fourth-order valence-electron chi connectivity index (χ4n) is 1.15. The molecule has 4 nitrogen and oxygen atoms in total. The van der Waals surface area contributed by atoms with Gasteiger partial charge in [-0.1, -0.05) is 0 Å². The Balaban J connectivity index is 3.37. The average molecular weight is 208 g/mol. The monoisotopic (exact) mass is 208 g/mol. The van der Waals surface area contributed by atoms with E-state index in [-0.39, 0.29) is 23.2 Å². The summed E-state index contributed by atoms with van der Waals surface area (Å²) in [5.74, 6) is -1.28. The Labute approximate surface area is 86.1 Å². The number of nitrogens with zero attached hydrogens (tertiary/aromatic N) is 1. The number of rotatable bonds is 2. The van der Waals surface area contributed by atoms with Gasteiger partial charge < -0.3 is 10.5 Å². The minimum atomic E-state index is -0.679. The summed E-state index contributed by atoms with van der Waals surface area (Å²) in [6.07, 6.45) is 0. The smallest absolute Gasteiger partial charge is 0.339 e. The molecule has 5 heteroatoms. The molecule has 1 aromatic carbocycles. The Morgan fingerprint density at radius 1 is 1.67 bits per heavy atom. The normalized spacial score (nSPS) is 9.47. The fraction of sp³-hybridized carbons (Fsp3) is 0.200. The summed E-state index contributed by atoms with van der Waals surface area (Å²) in [5.41, 5.74) is 5.42. The second-order valence-corrected chi connectivity index (χ2v) is 2.80. The zero-order valence-corrected chi connectivity index (χ0v) is 8.08. The molecule has 0 atom stereocenters. The van der Waals surface area contributed by atoms with Crippen LogP contribution in [0, 0.1) is 17.1 Å². The van der Waals surface area contributed by atoms with Gasteiger partial charge in [0.1, 0.15) is 11.9 Å². The van der Waals surface area contributed by atoms with Crippen molar-refractivity contribution in [2.75, 3.05) is 7.11 Å². The molecule has 78 valence electrons. The Bertz CT molecular complexity index is 438. The summed E-state index contributed by atoms with van der Waals surface area (Å²) >= 11 is 0. The summed E-state index contributed by atoms with van der Waals surface area (Å²) in [5, 5.41) is 8.70. The van der Waals surface area contributed by atoms with Crippen molar-refractivity contribution in [2.24, 2.45) is 5.73 Å². The third kappa shape index (κ3) is 2.11. The number of nitriles is 1. The topological polar surface area (TPSA) is 76.1 Å². The number of nitrogens with two attached hydrogens (primary N) is 1. The molecule has 0 saturated carbocycles. The molecule has 0 aromatic heterocycles. The van der Waals surface area contributed by atoms with E-state index in [4.69, 9.17) is 11.0 Å². The van der Waals surface area contributed by atoms with Gasteiger partial charge in [0.05, 0.1) is 18.2 Å². The number of ether oxygens (including phenoxy) is 1. The predicted molar refractivity (Wildman–Crippen MR) is 50.3 cm³/mol. The van der Waals surface area contributed by atoms with Gasteiger partial charge in [0.25, 0.3) is 0 Å². The second kappa shape index (κ2) is 4.53. The first-order valence-corrected chi connectivity index (χ1v) is 4.15. The molecule has 0 aliphatic carbocycles. The lowest BCUT2D eigenvalue weighted by Crippen LogP contribution is -2.08. The number of esters is 1. The first-order chi connectivity index (χ1) is 7.13. The van der Waals surface area contributed by atoms with Gasteiger partial charge in [-0.3, -0.25) is 0 Å². The Hall–Kier alpha value is -1.93. The van der Waals surface area contributed by atoms with Crippen molar-refractivity contribution >= 4 is 5.97 Å². The molecule has 15 heavy (non-hydrogen) atoms. The standard InChI is InChI=1S/C10H9FN2O2/c1-15-10(14)8-2-7(5-13)9(11)3-6(8)4-12/h2-3H,5,13H2,1H3. The molecule has 0 bridgehead atoms. The van der Waals surface area contributed by atoms with Gasteiger partial charge in [-0.15, -0.1) is 0 Å². The van der Waals surface area contributed by atoms with Crippen LogP contribution in [0.4, 0.5) is 4.39 Å². The average Bonchev–Trinajstić information content (AvgIpc) is 2.27. The third-order valence-corrected chi connectivity index (χ3v) is 1.93. The van der Waals surface area contributed by atoms with Crippen LogP contribution in [0.15, 0.2) is 12.1 Å². The summed E-state index contributed by atoms with van der Waals surface area (Å²) in [7, 11) is 1.19. The summed E-state index contributed by atoms with van der Waals surface area (Å²) in [6, 6.07) is 3.94. The number of carbonyl (C=O) groups is 1. The largest absolute Gasteiger partial charge is 0.465 e. The molecule has 0 spiro atoms. The molecule has 0 amide bonds. The Morgan fingerprint density at radius 2 is 2.33 bits per heavy atom. The molecule has 0 saturated heterocycles. The summed E-state index contributed by atoms with van der Waals surface area (Å²) in [4.78, 5) is 11.2. The van der Waals surface area contributed by atoms with Crippen molar-refractivity contribution in [2.45, 2.75) is 6.54 Å². The molecule has 0 aliphatic heterocycles. The second-order valence-electron chi connectivity index (χ2n) is 2.80. The van der Waals surface area contributed by atoms with Gasteiger partial charge in [-0.25, -0.2) is 9.18 Å². The van der Waals surface area contributed by atoms with Crippen molar-refractivity contribution in [1.29, 1.82) is 5.26 Å². The molecular formula is C10H9FN2O2. The number of carbonyl (C=O) groups excluding carboxylic acids is 1. The van der Waals surface area contributed by atoms with Crippen molar-refractivity contribution in [1.82, 2.24) is 0 Å². The van der Waals surface area contributed by atoms with Crippen LogP contribution in [0.25, 0.3) is 0 Å². The number of hydrogen-bond acceptors (Lipinski definition) is 4. The quantitative estimate of drug-likeness (QED) is 0.734. The minimum Gasteiger partial charge on any atom is -0.465 e. The van der Waals surface area contributed by atoms with Gasteiger partial charge in [0, 0.05) is 12.1 Å². The van der Waals surface area contributed by atoms with Crippen LogP contribution in [0.5, 0.6) is 0 Å². The molecule has 1 aromatic rings.